The van der Waals surface area contributed by atoms with Crippen LogP contribution in [-0.4, -0.2) is 15.2 Å². The lowest BCUT2D eigenvalue weighted by atomic mass is 10.3. The molecule has 4 heteroatoms. The molecule has 0 aliphatic carbocycles. The van der Waals surface area contributed by atoms with Crippen molar-refractivity contribution in [1.82, 2.24) is 15.2 Å². The van der Waals surface area contributed by atoms with Crippen LogP contribution < -0.4 is 0 Å². The molecular weight excluding hydrogens is 169 g/mol. The monoisotopic (exact) mass is 181 g/mol. The van der Waals surface area contributed by atoms with Crippen LogP contribution in [0.5, 0.6) is 0 Å². The predicted molar refractivity (Wildman–Crippen MR) is 49.9 cm³/mol. The van der Waals surface area contributed by atoms with E-state index in [0.717, 1.165) is 0 Å². The summed E-state index contributed by atoms with van der Waals surface area (Å²) in [6, 6.07) is 1.39. The summed E-state index contributed by atoms with van der Waals surface area (Å²) < 4.78 is 12.8. The molecule has 3 nitrogen and oxygen atoms in total. The van der Waals surface area contributed by atoms with Gasteiger partial charge in [-0.2, -0.15) is 5.10 Å². The van der Waals surface area contributed by atoms with E-state index in [0.29, 0.717) is 16.7 Å². The van der Waals surface area contributed by atoms with Gasteiger partial charge in [-0.15, -0.1) is 0 Å². The minimum Gasteiger partial charge on any atom is -0.276 e. The third-order valence-electron chi connectivity index (χ3n) is 1.55. The Bertz CT molecular complexity index is 359. The zero-order valence-corrected chi connectivity index (χ0v) is 7.93. The summed E-state index contributed by atoms with van der Waals surface area (Å²) in [5, 5.41) is 6.36. The predicted octanol–water partition coefficient (Wildman–Crippen LogP) is 2.43. The van der Waals surface area contributed by atoms with Gasteiger partial charge in [-0.3, -0.25) is 5.10 Å². The lowest BCUT2D eigenvalue weighted by Gasteiger charge is -1.93. The normalized spacial score (nSPS) is 9.54. The van der Waals surface area contributed by atoms with Crippen molar-refractivity contribution in [2.45, 2.75) is 20.8 Å². The molecule has 0 fully saturated rings. The van der Waals surface area contributed by atoms with Gasteiger partial charge < -0.3 is 0 Å². The second-order valence-electron chi connectivity index (χ2n) is 2.36. The van der Waals surface area contributed by atoms with Crippen LogP contribution in [0.25, 0.3) is 11.0 Å². The van der Waals surface area contributed by atoms with Crippen LogP contribution in [0, 0.1) is 12.7 Å². The number of aryl methyl sites for hydroxylation is 1. The van der Waals surface area contributed by atoms with Crippen molar-refractivity contribution in [1.29, 1.82) is 0 Å². The number of H-pyrrole nitrogens is 1. The van der Waals surface area contributed by atoms with E-state index < -0.39 is 0 Å². The van der Waals surface area contributed by atoms with E-state index in [1.165, 1.54) is 6.07 Å². The first kappa shape index (κ1) is 9.64. The van der Waals surface area contributed by atoms with Gasteiger partial charge in [0.25, 0.3) is 0 Å². The molecule has 13 heavy (non-hydrogen) atoms. The highest BCUT2D eigenvalue weighted by molar-refractivity contribution is 5.73. The van der Waals surface area contributed by atoms with Gasteiger partial charge in [-0.1, -0.05) is 13.8 Å². The van der Waals surface area contributed by atoms with E-state index in [4.69, 9.17) is 0 Å². The first-order valence-electron chi connectivity index (χ1n) is 4.23. The molecule has 0 aliphatic heterocycles. The quantitative estimate of drug-likeness (QED) is 0.678. The molecule has 0 saturated heterocycles. The summed E-state index contributed by atoms with van der Waals surface area (Å²) in [5.41, 5.74) is 1.73. The summed E-state index contributed by atoms with van der Waals surface area (Å²) in [6.07, 6.45) is 1.57. The van der Waals surface area contributed by atoms with Crippen molar-refractivity contribution in [3.8, 4) is 0 Å². The van der Waals surface area contributed by atoms with Crippen LogP contribution in [0.1, 0.15) is 19.5 Å². The van der Waals surface area contributed by atoms with Crippen LogP contribution in [-0.2, 0) is 0 Å². The summed E-state index contributed by atoms with van der Waals surface area (Å²) in [4.78, 5) is 3.97. The number of nitrogens with one attached hydrogen (secondary N) is 1. The number of aromatic amines is 1. The van der Waals surface area contributed by atoms with Gasteiger partial charge >= 0.3 is 0 Å². The molecule has 0 saturated carbocycles. The zero-order valence-electron chi connectivity index (χ0n) is 7.93. The molecule has 2 aromatic rings. The Morgan fingerprint density at radius 2 is 2.08 bits per heavy atom. The summed E-state index contributed by atoms with van der Waals surface area (Å²) in [7, 11) is 0. The first-order valence-corrected chi connectivity index (χ1v) is 4.23. The summed E-state index contributed by atoms with van der Waals surface area (Å²) >= 11 is 0. The molecule has 0 amide bonds. The average molecular weight is 181 g/mol. The topological polar surface area (TPSA) is 41.6 Å². The second kappa shape index (κ2) is 3.98. The van der Waals surface area contributed by atoms with Crippen molar-refractivity contribution >= 4 is 11.0 Å². The molecule has 0 radical (unpaired) electrons. The molecule has 0 unspecified atom stereocenters. The standard InChI is InChI=1S/C7H6FN3.C2H6/c1-4-5(8)2-6-7(10-4)3-9-11-6;1-2/h2-3H,1H3,(H,9,11);1-2H3. The molecule has 0 bridgehead atoms. The van der Waals surface area contributed by atoms with Gasteiger partial charge in [-0.25, -0.2) is 9.37 Å². The van der Waals surface area contributed by atoms with Gasteiger partial charge in [0.2, 0.25) is 0 Å². The van der Waals surface area contributed by atoms with E-state index in [1.807, 2.05) is 13.8 Å². The number of fused-ring (bicyclic) bond motifs is 1. The third kappa shape index (κ3) is 1.83. The summed E-state index contributed by atoms with van der Waals surface area (Å²) in [6.45, 7) is 5.63. The van der Waals surface area contributed by atoms with Crippen LogP contribution in [0.15, 0.2) is 12.3 Å². The first-order chi connectivity index (χ1) is 6.27. The third-order valence-corrected chi connectivity index (χ3v) is 1.55. The second-order valence-corrected chi connectivity index (χ2v) is 2.36. The Kier molecular flexibility index (Phi) is 2.95. The van der Waals surface area contributed by atoms with Crippen molar-refractivity contribution in [2.24, 2.45) is 0 Å². The molecule has 2 rings (SSSR count). The highest BCUT2D eigenvalue weighted by Crippen LogP contribution is 2.11. The Morgan fingerprint density at radius 1 is 1.38 bits per heavy atom. The molecule has 1 N–H and O–H groups in total. The largest absolute Gasteiger partial charge is 0.276 e. The Balaban J connectivity index is 0.000000396. The minimum atomic E-state index is -0.304. The maximum absolute atomic E-state index is 12.8. The number of pyridine rings is 1. The number of nitrogens with zero attached hydrogens (tertiary/aromatic N) is 2. The number of halogens is 1. The molecular formula is C9H12FN3. The fourth-order valence-electron chi connectivity index (χ4n) is 0.950. The van der Waals surface area contributed by atoms with Gasteiger partial charge in [0, 0.05) is 6.07 Å². The van der Waals surface area contributed by atoms with Crippen molar-refractivity contribution in [3.63, 3.8) is 0 Å². The minimum absolute atomic E-state index is 0.304. The fraction of sp³-hybridized carbons (Fsp3) is 0.333. The van der Waals surface area contributed by atoms with Crippen molar-refractivity contribution in [2.75, 3.05) is 0 Å². The lowest BCUT2D eigenvalue weighted by Crippen LogP contribution is -1.86. The molecule has 2 aromatic heterocycles. The number of hydrogen-bond donors (Lipinski definition) is 1. The van der Waals surface area contributed by atoms with Gasteiger partial charge in [0.05, 0.1) is 17.4 Å². The smallest absolute Gasteiger partial charge is 0.146 e. The Hall–Kier alpha value is -1.45. The Labute approximate surface area is 76.0 Å². The summed E-state index contributed by atoms with van der Waals surface area (Å²) in [5.74, 6) is -0.304. The zero-order chi connectivity index (χ0) is 9.84. The molecule has 70 valence electrons. The highest BCUT2D eigenvalue weighted by Gasteiger charge is 2.02. The van der Waals surface area contributed by atoms with Crippen LogP contribution in [0.2, 0.25) is 0 Å². The molecule has 0 aliphatic rings. The maximum atomic E-state index is 12.8. The molecule has 2 heterocycles. The molecule has 0 spiro atoms. The van der Waals surface area contributed by atoms with Crippen LogP contribution >= 0.6 is 0 Å². The van der Waals surface area contributed by atoms with E-state index in [1.54, 1.807) is 13.1 Å². The van der Waals surface area contributed by atoms with E-state index in [9.17, 15) is 4.39 Å². The van der Waals surface area contributed by atoms with Gasteiger partial charge in [-0.05, 0) is 6.92 Å². The maximum Gasteiger partial charge on any atom is 0.146 e. The highest BCUT2D eigenvalue weighted by atomic mass is 19.1. The van der Waals surface area contributed by atoms with E-state index in [-0.39, 0.29) is 5.82 Å². The SMILES string of the molecule is CC.Cc1nc2cn[nH]c2cc1F. The molecule has 0 atom stereocenters. The van der Waals surface area contributed by atoms with Gasteiger partial charge in [0.15, 0.2) is 0 Å². The number of rotatable bonds is 0. The number of hydrogen-bond acceptors (Lipinski definition) is 2. The average Bonchev–Trinajstić information content (AvgIpc) is 2.56. The lowest BCUT2D eigenvalue weighted by molar-refractivity contribution is 0.612. The van der Waals surface area contributed by atoms with Crippen LogP contribution in [0.4, 0.5) is 4.39 Å². The van der Waals surface area contributed by atoms with E-state index >= 15 is 0 Å². The van der Waals surface area contributed by atoms with Crippen LogP contribution in [0.3, 0.4) is 0 Å². The van der Waals surface area contributed by atoms with E-state index in [2.05, 4.69) is 15.2 Å². The Morgan fingerprint density at radius 3 is 2.77 bits per heavy atom. The van der Waals surface area contributed by atoms with Gasteiger partial charge in [0.1, 0.15) is 11.3 Å². The van der Waals surface area contributed by atoms with Crippen molar-refractivity contribution in [3.05, 3.63) is 23.8 Å². The molecule has 0 aromatic carbocycles. The van der Waals surface area contributed by atoms with Crippen molar-refractivity contribution < 1.29 is 4.39 Å². The fourth-order valence-corrected chi connectivity index (χ4v) is 0.950. The number of aromatic nitrogens is 3.